The van der Waals surface area contributed by atoms with E-state index in [9.17, 15) is 18.0 Å². The molecule has 6 nitrogen and oxygen atoms in total. The number of para-hydroxylation sites is 1. The topological polar surface area (TPSA) is 79.7 Å². The molecule has 2 aromatic rings. The summed E-state index contributed by atoms with van der Waals surface area (Å²) in [5.74, 6) is -1.67. The highest BCUT2D eigenvalue weighted by molar-refractivity contribution is 8.01. The number of likely N-dealkylation sites (tertiary alicyclic amines) is 1. The molecule has 1 unspecified atom stereocenters. The molecule has 2 aliphatic rings. The first kappa shape index (κ1) is 22.4. The monoisotopic (exact) mass is 442 g/mol. The minimum atomic E-state index is -5.08. The SMILES string of the molecule is CCOC1CSC2(C1)CN(C(=O)c1ccc3ccccc3n1)C2.O=C(O)C(F)(F)F. The Labute approximate surface area is 175 Å². The van der Waals surface area contributed by atoms with Gasteiger partial charge in [0.1, 0.15) is 5.69 Å². The van der Waals surface area contributed by atoms with E-state index in [0.717, 1.165) is 42.8 Å². The molecule has 1 spiro atoms. The molecule has 10 heteroatoms. The average molecular weight is 442 g/mol. The maximum Gasteiger partial charge on any atom is 0.490 e. The zero-order chi connectivity index (χ0) is 21.9. The van der Waals surface area contributed by atoms with Crippen LogP contribution in [0.3, 0.4) is 0 Å². The Hall–Kier alpha value is -2.33. The highest BCUT2D eigenvalue weighted by atomic mass is 32.2. The number of aromatic nitrogens is 1. The van der Waals surface area contributed by atoms with Crippen molar-refractivity contribution in [2.45, 2.75) is 30.4 Å². The van der Waals surface area contributed by atoms with Crippen LogP contribution in [0.5, 0.6) is 0 Å². The molecule has 0 bridgehead atoms. The largest absolute Gasteiger partial charge is 0.490 e. The second-order valence-corrected chi connectivity index (χ2v) is 8.62. The molecule has 0 saturated carbocycles. The van der Waals surface area contributed by atoms with Gasteiger partial charge in [0, 0.05) is 30.8 Å². The molecule has 162 valence electrons. The number of aliphatic carboxylic acids is 1. The van der Waals surface area contributed by atoms with Gasteiger partial charge in [-0.3, -0.25) is 4.79 Å². The number of halogens is 3. The molecule has 0 radical (unpaired) electrons. The normalized spacial score (nSPS) is 19.9. The number of pyridine rings is 1. The first-order valence-corrected chi connectivity index (χ1v) is 10.3. The standard InChI is InChI=1S/C18H20N2O2S.C2HF3O2/c1-2-22-14-9-18(23-10-14)11-20(12-18)17(21)16-8-7-13-5-3-4-6-15(13)19-16;3-2(4,5)1(6)7/h3-8,14H,2,9-12H2,1H3;(H,6,7). The summed E-state index contributed by atoms with van der Waals surface area (Å²) in [6.45, 7) is 4.44. The Morgan fingerprint density at radius 3 is 2.57 bits per heavy atom. The summed E-state index contributed by atoms with van der Waals surface area (Å²) >= 11 is 1.96. The van der Waals surface area contributed by atoms with Gasteiger partial charge in [0.25, 0.3) is 5.91 Å². The van der Waals surface area contributed by atoms with Crippen LogP contribution in [0.15, 0.2) is 36.4 Å². The van der Waals surface area contributed by atoms with Crippen molar-refractivity contribution in [2.75, 3.05) is 25.4 Å². The van der Waals surface area contributed by atoms with Crippen molar-refractivity contribution < 1.29 is 32.6 Å². The van der Waals surface area contributed by atoms with Crippen LogP contribution in [0.4, 0.5) is 13.2 Å². The maximum absolute atomic E-state index is 12.6. The molecule has 1 amide bonds. The molecule has 2 aliphatic heterocycles. The molecule has 3 heterocycles. The number of nitrogens with zero attached hydrogens (tertiary/aromatic N) is 2. The number of fused-ring (bicyclic) bond motifs is 1. The third kappa shape index (κ3) is 5.04. The molecule has 1 aromatic heterocycles. The van der Waals surface area contributed by atoms with Gasteiger partial charge < -0.3 is 14.7 Å². The molecule has 30 heavy (non-hydrogen) atoms. The molecule has 2 fully saturated rings. The number of amides is 1. The number of rotatable bonds is 3. The summed E-state index contributed by atoms with van der Waals surface area (Å²) in [5, 5.41) is 8.19. The number of thioether (sulfide) groups is 1. The molecule has 2 saturated heterocycles. The number of carbonyl (C=O) groups is 2. The summed E-state index contributed by atoms with van der Waals surface area (Å²) < 4.78 is 37.7. The van der Waals surface area contributed by atoms with Crippen molar-refractivity contribution >= 4 is 34.5 Å². The van der Waals surface area contributed by atoms with Crippen molar-refractivity contribution in [3.8, 4) is 0 Å². The smallest absolute Gasteiger partial charge is 0.475 e. The Kier molecular flexibility index (Phi) is 6.56. The molecule has 1 N–H and O–H groups in total. The lowest BCUT2D eigenvalue weighted by Gasteiger charge is -2.47. The summed E-state index contributed by atoms with van der Waals surface area (Å²) in [7, 11) is 0. The second kappa shape index (κ2) is 8.81. The Bertz CT molecular complexity index is 932. The maximum atomic E-state index is 12.6. The second-order valence-electron chi connectivity index (χ2n) is 7.13. The predicted octanol–water partition coefficient (Wildman–Crippen LogP) is 3.60. The van der Waals surface area contributed by atoms with E-state index in [1.54, 1.807) is 0 Å². The van der Waals surface area contributed by atoms with Crippen LogP contribution in [0.1, 0.15) is 23.8 Å². The van der Waals surface area contributed by atoms with Gasteiger partial charge in [0.05, 0.1) is 16.4 Å². The fraction of sp³-hybridized carbons (Fsp3) is 0.450. The highest BCUT2D eigenvalue weighted by Crippen LogP contribution is 2.46. The number of hydrogen-bond donors (Lipinski definition) is 1. The van der Waals surface area contributed by atoms with E-state index in [1.807, 2.05) is 60.0 Å². The lowest BCUT2D eigenvalue weighted by molar-refractivity contribution is -0.192. The lowest BCUT2D eigenvalue weighted by atomic mass is 9.92. The van der Waals surface area contributed by atoms with Gasteiger partial charge in [0.15, 0.2) is 0 Å². The minimum Gasteiger partial charge on any atom is -0.475 e. The number of hydrogen-bond acceptors (Lipinski definition) is 5. The van der Waals surface area contributed by atoms with Gasteiger partial charge in [-0.1, -0.05) is 24.3 Å². The van der Waals surface area contributed by atoms with Gasteiger partial charge >= 0.3 is 12.1 Å². The molecule has 0 aliphatic carbocycles. The Morgan fingerprint density at radius 2 is 1.93 bits per heavy atom. The van der Waals surface area contributed by atoms with Crippen LogP contribution in [0.2, 0.25) is 0 Å². The molecular formula is C20H21F3N2O4S. The summed E-state index contributed by atoms with van der Waals surface area (Å²) in [4.78, 5) is 28.0. The number of carbonyl (C=O) groups excluding carboxylic acids is 1. The minimum absolute atomic E-state index is 0.0434. The quantitative estimate of drug-likeness (QED) is 0.783. The van der Waals surface area contributed by atoms with E-state index in [-0.39, 0.29) is 10.7 Å². The molecule has 1 aromatic carbocycles. The fourth-order valence-electron chi connectivity index (χ4n) is 3.51. The predicted molar refractivity (Wildman–Crippen MR) is 107 cm³/mol. The third-order valence-corrected chi connectivity index (χ3v) is 6.46. The fourth-order valence-corrected chi connectivity index (χ4v) is 5.06. The number of carboxylic acids is 1. The first-order valence-electron chi connectivity index (χ1n) is 9.34. The van der Waals surface area contributed by atoms with Crippen LogP contribution in [0, 0.1) is 0 Å². The van der Waals surface area contributed by atoms with E-state index in [1.165, 1.54) is 0 Å². The molecule has 4 rings (SSSR count). The summed E-state index contributed by atoms with van der Waals surface area (Å²) in [5.41, 5.74) is 1.42. The van der Waals surface area contributed by atoms with E-state index < -0.39 is 12.1 Å². The average Bonchev–Trinajstić information content (AvgIpc) is 3.10. The number of benzene rings is 1. The van der Waals surface area contributed by atoms with Gasteiger partial charge in [-0.15, -0.1) is 11.8 Å². The number of carboxylic acid groups (broad SMARTS) is 1. The molecule has 1 atom stereocenters. The number of alkyl halides is 3. The van der Waals surface area contributed by atoms with Gasteiger partial charge in [-0.2, -0.15) is 13.2 Å². The number of ether oxygens (including phenoxy) is 1. The van der Waals surface area contributed by atoms with E-state index in [4.69, 9.17) is 14.6 Å². The van der Waals surface area contributed by atoms with Crippen molar-refractivity contribution in [3.63, 3.8) is 0 Å². The van der Waals surface area contributed by atoms with Crippen molar-refractivity contribution in [3.05, 3.63) is 42.1 Å². The van der Waals surface area contributed by atoms with E-state index in [0.29, 0.717) is 11.8 Å². The lowest BCUT2D eigenvalue weighted by Crippen LogP contribution is -2.60. The van der Waals surface area contributed by atoms with Crippen LogP contribution in [-0.4, -0.2) is 69.3 Å². The Morgan fingerprint density at radius 1 is 1.27 bits per heavy atom. The summed E-state index contributed by atoms with van der Waals surface area (Å²) in [6, 6.07) is 11.7. The molecular weight excluding hydrogens is 421 g/mol. The van der Waals surface area contributed by atoms with Crippen LogP contribution >= 0.6 is 11.8 Å². The summed E-state index contributed by atoms with van der Waals surface area (Å²) in [6.07, 6.45) is -3.68. The highest BCUT2D eigenvalue weighted by Gasteiger charge is 2.51. The van der Waals surface area contributed by atoms with Crippen LogP contribution in [0.25, 0.3) is 10.9 Å². The van der Waals surface area contributed by atoms with Gasteiger partial charge in [-0.25, -0.2) is 9.78 Å². The van der Waals surface area contributed by atoms with Crippen molar-refractivity contribution in [2.24, 2.45) is 0 Å². The van der Waals surface area contributed by atoms with Gasteiger partial charge in [-0.05, 0) is 25.5 Å². The van der Waals surface area contributed by atoms with Gasteiger partial charge in [0.2, 0.25) is 0 Å². The van der Waals surface area contributed by atoms with E-state index in [2.05, 4.69) is 4.98 Å². The van der Waals surface area contributed by atoms with Crippen molar-refractivity contribution in [1.82, 2.24) is 9.88 Å². The van der Waals surface area contributed by atoms with Crippen LogP contribution < -0.4 is 0 Å². The zero-order valence-corrected chi connectivity index (χ0v) is 17.0. The zero-order valence-electron chi connectivity index (χ0n) is 16.2. The third-order valence-electron chi connectivity index (χ3n) is 4.88. The Balaban J connectivity index is 0.000000318. The van der Waals surface area contributed by atoms with E-state index >= 15 is 0 Å². The van der Waals surface area contributed by atoms with Crippen molar-refractivity contribution in [1.29, 1.82) is 0 Å². The van der Waals surface area contributed by atoms with Crippen LogP contribution in [-0.2, 0) is 9.53 Å². The first-order chi connectivity index (χ1) is 14.1.